The molecule has 0 unspecified atom stereocenters. The predicted molar refractivity (Wildman–Crippen MR) is 60.0 cm³/mol. The van der Waals surface area contributed by atoms with Crippen molar-refractivity contribution in [1.82, 2.24) is 0 Å². The standard InChI is InChI=1S/C12H16NO2.BrH.Zn/c1-9-5-7-10(8-6-9)13-11(14)15-12(2,3)4;;/h5-8H,1H2,2-4H3,(H,13,14);1H;/q;;+1/p-1. The number of amides is 1. The molecule has 1 aromatic carbocycles. The first kappa shape index (κ1) is 16.6. The number of hydrogen-bond acceptors (Lipinski definition) is 2. The van der Waals surface area contributed by atoms with Gasteiger partial charge < -0.3 is 17.0 Å². The third kappa shape index (κ3) is 6.79. The first-order valence-corrected chi connectivity index (χ1v) is 7.39. The van der Waals surface area contributed by atoms with Gasteiger partial charge in [-0.15, -0.1) is 0 Å². The van der Waals surface area contributed by atoms with Crippen molar-refractivity contribution in [3.05, 3.63) is 29.8 Å². The van der Waals surface area contributed by atoms with Gasteiger partial charge in [0.15, 0.2) is 0 Å². The zero-order chi connectivity index (χ0) is 12.2. The Kier molecular flexibility index (Phi) is 6.95. The molecule has 0 bridgehead atoms. The van der Waals surface area contributed by atoms with E-state index in [1.54, 1.807) is 0 Å². The Labute approximate surface area is 123 Å². The van der Waals surface area contributed by atoms with Crippen LogP contribution >= 0.6 is 0 Å². The predicted octanol–water partition coefficient (Wildman–Crippen LogP) is 0.0844. The molecule has 1 amide bonds. The van der Waals surface area contributed by atoms with Gasteiger partial charge >= 0.3 is 106 Å². The molecule has 90 valence electrons. The molecule has 5 heteroatoms. The summed E-state index contributed by atoms with van der Waals surface area (Å²) in [7, 11) is 0. The quantitative estimate of drug-likeness (QED) is 0.767. The van der Waals surface area contributed by atoms with Crippen molar-refractivity contribution in [2.45, 2.75) is 31.4 Å². The van der Waals surface area contributed by atoms with E-state index in [4.69, 9.17) is 4.74 Å². The van der Waals surface area contributed by atoms with Gasteiger partial charge in [-0.3, -0.25) is 0 Å². The van der Waals surface area contributed by atoms with Gasteiger partial charge in [-0.25, -0.2) is 0 Å². The van der Waals surface area contributed by atoms with Crippen molar-refractivity contribution in [3.63, 3.8) is 0 Å². The summed E-state index contributed by atoms with van der Waals surface area (Å²) in [6.07, 6.45) is -0.412. The number of rotatable bonds is 2. The first-order valence-electron chi connectivity index (χ1n) is 5.29. The number of nitrogens with one attached hydrogen (secondary N) is 1. The van der Waals surface area contributed by atoms with Gasteiger partial charge in [-0.1, -0.05) is 0 Å². The molecule has 17 heavy (non-hydrogen) atoms. The molecule has 0 aliphatic rings. The molecule has 1 aromatic rings. The molecule has 0 heterocycles. The topological polar surface area (TPSA) is 38.3 Å². The fraction of sp³-hybridized carbons (Fsp3) is 0.417. The SMILES string of the molecule is CC(C)(C)OC(=O)Nc1ccc([CH2][Zn+])cc1.[Br-]. The molecule has 0 radical (unpaired) electrons. The van der Waals surface area contributed by atoms with Crippen LogP contribution in [-0.4, -0.2) is 11.7 Å². The van der Waals surface area contributed by atoms with Crippen LogP contribution < -0.4 is 22.3 Å². The third-order valence-electron chi connectivity index (χ3n) is 1.89. The zero-order valence-corrected chi connectivity index (χ0v) is 15.0. The number of benzene rings is 1. The molecule has 0 aromatic heterocycles. The summed E-state index contributed by atoms with van der Waals surface area (Å²) in [4.78, 5) is 11.5. The second kappa shape index (κ2) is 7.12. The van der Waals surface area contributed by atoms with E-state index in [1.165, 1.54) is 23.9 Å². The fourth-order valence-corrected chi connectivity index (χ4v) is 1.88. The van der Waals surface area contributed by atoms with E-state index in [0.717, 1.165) is 10.7 Å². The third-order valence-corrected chi connectivity index (χ3v) is 3.10. The van der Waals surface area contributed by atoms with E-state index in [-0.39, 0.29) is 17.0 Å². The Morgan fingerprint density at radius 3 is 2.24 bits per heavy atom. The van der Waals surface area contributed by atoms with Gasteiger partial charge in [-0.2, -0.15) is 0 Å². The van der Waals surface area contributed by atoms with Crippen LogP contribution in [0.1, 0.15) is 26.3 Å². The summed E-state index contributed by atoms with van der Waals surface area (Å²) in [6, 6.07) is 7.84. The Hall–Kier alpha value is -0.407. The van der Waals surface area contributed by atoms with Crippen molar-refractivity contribution in [2.24, 2.45) is 0 Å². The minimum atomic E-state index is -0.460. The molecular weight excluding hydrogens is 335 g/mol. The van der Waals surface area contributed by atoms with Crippen LogP contribution in [0.5, 0.6) is 0 Å². The maximum absolute atomic E-state index is 11.5. The van der Waals surface area contributed by atoms with Gasteiger partial charge in [0, 0.05) is 0 Å². The maximum atomic E-state index is 11.5. The Balaban J connectivity index is 0.00000256. The molecule has 0 fully saturated rings. The van der Waals surface area contributed by atoms with E-state index in [1.807, 2.05) is 45.0 Å². The first-order chi connectivity index (χ1) is 7.40. The van der Waals surface area contributed by atoms with Gasteiger partial charge in [0.25, 0.3) is 0 Å². The van der Waals surface area contributed by atoms with E-state index in [2.05, 4.69) is 5.32 Å². The average molecular weight is 352 g/mol. The Morgan fingerprint density at radius 1 is 1.29 bits per heavy atom. The molecule has 1 rings (SSSR count). The fourth-order valence-electron chi connectivity index (χ4n) is 1.18. The second-order valence-electron chi connectivity index (χ2n) is 4.57. The number of anilines is 1. The molecular formula is C12H16BrNO2Zn. The number of ether oxygens (including phenoxy) is 1. The van der Waals surface area contributed by atoms with Crippen LogP contribution in [0.25, 0.3) is 0 Å². The average Bonchev–Trinajstić information content (AvgIpc) is 2.16. The van der Waals surface area contributed by atoms with E-state index >= 15 is 0 Å². The van der Waals surface area contributed by atoms with Gasteiger partial charge in [0.2, 0.25) is 0 Å². The molecule has 3 nitrogen and oxygen atoms in total. The Bertz CT molecular complexity index is 360. The Morgan fingerprint density at radius 2 is 1.82 bits per heavy atom. The monoisotopic (exact) mass is 349 g/mol. The van der Waals surface area contributed by atoms with Gasteiger partial charge in [0.05, 0.1) is 0 Å². The van der Waals surface area contributed by atoms with Crippen LogP contribution in [0, 0.1) is 0 Å². The van der Waals surface area contributed by atoms with E-state index in [9.17, 15) is 4.79 Å². The van der Waals surface area contributed by atoms with Gasteiger partial charge in [0.1, 0.15) is 0 Å². The number of carbonyl (C=O) groups excluding carboxylic acids is 1. The largest absolute Gasteiger partial charge is 1.00 e. The summed E-state index contributed by atoms with van der Waals surface area (Å²) < 4.78 is 5.15. The summed E-state index contributed by atoms with van der Waals surface area (Å²) >= 11 is 1.25. The normalized spacial score (nSPS) is 10.4. The van der Waals surface area contributed by atoms with Crippen molar-refractivity contribution in [3.8, 4) is 0 Å². The van der Waals surface area contributed by atoms with Crippen molar-refractivity contribution < 1.29 is 44.8 Å². The number of carbonyl (C=O) groups is 1. The van der Waals surface area contributed by atoms with E-state index < -0.39 is 11.7 Å². The molecule has 0 spiro atoms. The zero-order valence-electron chi connectivity index (χ0n) is 10.4. The molecule has 0 atom stereocenters. The van der Waals surface area contributed by atoms with Crippen molar-refractivity contribution >= 4 is 11.8 Å². The molecule has 0 saturated carbocycles. The second-order valence-corrected chi connectivity index (χ2v) is 5.62. The van der Waals surface area contributed by atoms with E-state index in [0.29, 0.717) is 0 Å². The molecule has 0 saturated heterocycles. The van der Waals surface area contributed by atoms with Crippen LogP contribution in [-0.2, 0) is 28.1 Å². The minimum absolute atomic E-state index is 0. The summed E-state index contributed by atoms with van der Waals surface area (Å²) in [5, 5.41) is 3.82. The van der Waals surface area contributed by atoms with Gasteiger partial charge in [-0.05, 0) is 0 Å². The molecule has 0 aliphatic carbocycles. The van der Waals surface area contributed by atoms with Crippen LogP contribution in [0.15, 0.2) is 24.3 Å². The summed E-state index contributed by atoms with van der Waals surface area (Å²) in [6.45, 7) is 5.53. The minimum Gasteiger partial charge on any atom is -1.00 e. The van der Waals surface area contributed by atoms with Crippen LogP contribution in [0.3, 0.4) is 0 Å². The van der Waals surface area contributed by atoms with Crippen molar-refractivity contribution in [2.75, 3.05) is 5.32 Å². The number of halogens is 1. The molecule has 1 N–H and O–H groups in total. The summed E-state index contributed by atoms with van der Waals surface area (Å²) in [5.74, 6) is 0. The van der Waals surface area contributed by atoms with Crippen LogP contribution in [0.2, 0.25) is 0 Å². The number of hydrogen-bond donors (Lipinski definition) is 1. The maximum Gasteiger partial charge on any atom is -1.00 e. The smallest absolute Gasteiger partial charge is 1.00 e. The van der Waals surface area contributed by atoms with Crippen LogP contribution in [0.4, 0.5) is 10.5 Å². The summed E-state index contributed by atoms with van der Waals surface area (Å²) in [5.41, 5.74) is 1.61. The van der Waals surface area contributed by atoms with Crippen molar-refractivity contribution in [1.29, 1.82) is 0 Å². The molecule has 0 aliphatic heterocycles.